The van der Waals surface area contributed by atoms with Crippen LogP contribution in [0.25, 0.3) is 0 Å². The summed E-state index contributed by atoms with van der Waals surface area (Å²) in [5.74, 6) is 0. The van der Waals surface area contributed by atoms with Gasteiger partial charge in [-0.05, 0) is 12.5 Å². The van der Waals surface area contributed by atoms with E-state index < -0.39 is 0 Å². The first-order valence-electron chi connectivity index (χ1n) is 3.26. The number of rotatable bonds is 3. The Labute approximate surface area is 66.8 Å². The molecule has 3 heteroatoms. The van der Waals surface area contributed by atoms with Crippen molar-refractivity contribution in [3.8, 4) is 0 Å². The molecule has 0 heterocycles. The molecule has 0 radical (unpaired) electrons. The lowest BCUT2D eigenvalue weighted by Gasteiger charge is -1.94. The zero-order valence-electron chi connectivity index (χ0n) is 6.39. The number of hydrogen-bond donors (Lipinski definition) is 1. The number of hydrogen-bond acceptors (Lipinski definition) is 2. The summed E-state index contributed by atoms with van der Waals surface area (Å²) in [5.41, 5.74) is 6.19. The molecule has 0 unspecified atom stereocenters. The third kappa shape index (κ3) is 3.64. The van der Waals surface area contributed by atoms with Crippen molar-refractivity contribution in [1.82, 2.24) is 0 Å². The summed E-state index contributed by atoms with van der Waals surface area (Å²) in [4.78, 5) is 3.93. The van der Waals surface area contributed by atoms with E-state index in [0.29, 0.717) is 6.54 Å². The number of nitrogens with two attached hydrogens (primary N) is 1. The molecular weight excluding hydrogens is 148 g/mol. The fraction of sp³-hybridized carbons (Fsp3) is 0.571. The van der Waals surface area contributed by atoms with Crippen LogP contribution < -0.4 is 5.73 Å². The normalized spacial score (nSPS) is 14.0. The molecule has 58 valence electrons. The van der Waals surface area contributed by atoms with Gasteiger partial charge in [0.15, 0.2) is 0 Å². The van der Waals surface area contributed by atoms with Crippen molar-refractivity contribution in [2.45, 2.75) is 13.3 Å². The predicted octanol–water partition coefficient (Wildman–Crippen LogP) is 1.55. The van der Waals surface area contributed by atoms with E-state index in [-0.39, 0.29) is 0 Å². The Bertz CT molecular complexity index is 150. The Hall–Kier alpha value is -0.340. The molecule has 0 amide bonds. The summed E-state index contributed by atoms with van der Waals surface area (Å²) in [7, 11) is 1.71. The Morgan fingerprint density at radius 1 is 1.70 bits per heavy atom. The van der Waals surface area contributed by atoms with E-state index in [1.165, 1.54) is 0 Å². The van der Waals surface area contributed by atoms with Crippen molar-refractivity contribution in [1.29, 1.82) is 0 Å². The van der Waals surface area contributed by atoms with Gasteiger partial charge in [-0.25, -0.2) is 0 Å². The first-order chi connectivity index (χ1) is 4.74. The molecule has 0 aromatic rings. The van der Waals surface area contributed by atoms with E-state index in [0.717, 1.165) is 17.2 Å². The monoisotopic (exact) mass is 160 g/mol. The largest absolute Gasteiger partial charge is 0.325 e. The van der Waals surface area contributed by atoms with Crippen LogP contribution in [0.4, 0.5) is 0 Å². The van der Waals surface area contributed by atoms with Crippen LogP contribution in [0.2, 0.25) is 0 Å². The van der Waals surface area contributed by atoms with Gasteiger partial charge in [-0.1, -0.05) is 18.5 Å². The maximum absolute atomic E-state index is 5.74. The Balaban J connectivity index is 4.08. The Kier molecular flexibility index (Phi) is 5.26. The molecule has 0 aromatic heterocycles. The Morgan fingerprint density at radius 2 is 2.30 bits per heavy atom. The molecule has 0 spiro atoms. The summed E-state index contributed by atoms with van der Waals surface area (Å²) in [6.45, 7) is 2.44. The number of aliphatic imine (C=N–C) groups is 1. The average Bonchev–Trinajstić information content (AvgIpc) is 1.99. The highest BCUT2D eigenvalue weighted by Gasteiger charge is 1.91. The summed E-state index contributed by atoms with van der Waals surface area (Å²) in [6, 6.07) is 0. The Morgan fingerprint density at radius 3 is 2.60 bits per heavy atom. The van der Waals surface area contributed by atoms with Gasteiger partial charge in [0.25, 0.3) is 0 Å². The molecule has 2 nitrogen and oxygen atoms in total. The van der Waals surface area contributed by atoms with Gasteiger partial charge >= 0.3 is 0 Å². The van der Waals surface area contributed by atoms with Crippen molar-refractivity contribution in [2.75, 3.05) is 13.6 Å². The molecule has 0 bridgehead atoms. The summed E-state index contributed by atoms with van der Waals surface area (Å²) in [6.07, 6.45) is 2.64. The number of allylic oxidation sites excluding steroid dienone is 1. The van der Waals surface area contributed by atoms with Crippen molar-refractivity contribution in [3.05, 3.63) is 11.1 Å². The quantitative estimate of drug-likeness (QED) is 0.626. The van der Waals surface area contributed by atoms with Crippen LogP contribution in [0.5, 0.6) is 0 Å². The summed E-state index contributed by atoms with van der Waals surface area (Å²) >= 11 is 5.74. The maximum atomic E-state index is 5.74. The first kappa shape index (κ1) is 9.66. The van der Waals surface area contributed by atoms with Crippen LogP contribution in [0.3, 0.4) is 0 Å². The average molecular weight is 161 g/mol. The molecule has 0 aliphatic rings. The van der Waals surface area contributed by atoms with Crippen molar-refractivity contribution < 1.29 is 0 Å². The minimum atomic E-state index is 0.451. The van der Waals surface area contributed by atoms with Gasteiger partial charge in [-0.3, -0.25) is 4.99 Å². The number of halogens is 1. The molecule has 0 fully saturated rings. The van der Waals surface area contributed by atoms with Gasteiger partial charge in [-0.2, -0.15) is 0 Å². The fourth-order valence-electron chi connectivity index (χ4n) is 0.498. The lowest BCUT2D eigenvalue weighted by atomic mass is 10.3. The standard InChI is InChI=1S/C7H13ClN2/c1-3-6(8)4-7(5-9)10-2/h4H,3,5,9H2,1-2H3/b6-4+,10-7?. The van der Waals surface area contributed by atoms with Crippen molar-refractivity contribution in [2.24, 2.45) is 10.7 Å². The minimum Gasteiger partial charge on any atom is -0.325 e. The lowest BCUT2D eigenvalue weighted by molar-refractivity contribution is 1.19. The van der Waals surface area contributed by atoms with E-state index >= 15 is 0 Å². The molecule has 0 saturated carbocycles. The van der Waals surface area contributed by atoms with E-state index in [1.54, 1.807) is 7.05 Å². The highest BCUT2D eigenvalue weighted by atomic mass is 35.5. The molecular formula is C7H13ClN2. The van der Waals surface area contributed by atoms with E-state index in [9.17, 15) is 0 Å². The molecule has 0 aliphatic heterocycles. The van der Waals surface area contributed by atoms with E-state index in [4.69, 9.17) is 17.3 Å². The van der Waals surface area contributed by atoms with Crippen LogP contribution in [0.15, 0.2) is 16.1 Å². The SMILES string of the molecule is CC/C(Cl)=C\C(CN)=NC. The van der Waals surface area contributed by atoms with Crippen LogP contribution in [-0.2, 0) is 0 Å². The summed E-state index contributed by atoms with van der Waals surface area (Å²) < 4.78 is 0. The minimum absolute atomic E-state index is 0.451. The van der Waals surface area contributed by atoms with Gasteiger partial charge in [0.05, 0.1) is 0 Å². The second kappa shape index (κ2) is 5.45. The zero-order valence-corrected chi connectivity index (χ0v) is 7.15. The van der Waals surface area contributed by atoms with Crippen LogP contribution in [0, 0.1) is 0 Å². The van der Waals surface area contributed by atoms with E-state index in [1.807, 2.05) is 13.0 Å². The van der Waals surface area contributed by atoms with Crippen LogP contribution >= 0.6 is 11.6 Å². The van der Waals surface area contributed by atoms with Gasteiger partial charge in [0.2, 0.25) is 0 Å². The smallest absolute Gasteiger partial charge is 0.0492 e. The van der Waals surface area contributed by atoms with Crippen LogP contribution in [0.1, 0.15) is 13.3 Å². The van der Waals surface area contributed by atoms with Gasteiger partial charge in [0, 0.05) is 24.3 Å². The van der Waals surface area contributed by atoms with Gasteiger partial charge < -0.3 is 5.73 Å². The third-order valence-electron chi connectivity index (χ3n) is 1.16. The lowest BCUT2D eigenvalue weighted by Crippen LogP contribution is -2.11. The van der Waals surface area contributed by atoms with E-state index in [2.05, 4.69) is 4.99 Å². The van der Waals surface area contributed by atoms with Gasteiger partial charge in [-0.15, -0.1) is 0 Å². The topological polar surface area (TPSA) is 38.4 Å². The second-order valence-corrected chi connectivity index (χ2v) is 2.35. The third-order valence-corrected chi connectivity index (χ3v) is 1.53. The zero-order chi connectivity index (χ0) is 7.98. The fourth-order valence-corrected chi connectivity index (χ4v) is 0.624. The molecule has 0 rings (SSSR count). The number of nitrogens with zero attached hydrogens (tertiary/aromatic N) is 1. The highest BCUT2D eigenvalue weighted by molar-refractivity contribution is 6.31. The maximum Gasteiger partial charge on any atom is 0.0492 e. The van der Waals surface area contributed by atoms with Crippen LogP contribution in [-0.4, -0.2) is 19.3 Å². The molecule has 2 N–H and O–H groups in total. The summed E-state index contributed by atoms with van der Waals surface area (Å²) in [5, 5.41) is 0.797. The molecule has 10 heavy (non-hydrogen) atoms. The first-order valence-corrected chi connectivity index (χ1v) is 3.64. The second-order valence-electron chi connectivity index (χ2n) is 1.86. The molecule has 0 atom stereocenters. The van der Waals surface area contributed by atoms with Crippen molar-refractivity contribution >= 4 is 17.3 Å². The predicted molar refractivity (Wildman–Crippen MR) is 46.6 cm³/mol. The molecule has 0 aliphatic carbocycles. The molecule has 0 aromatic carbocycles. The highest BCUT2D eigenvalue weighted by Crippen LogP contribution is 2.05. The van der Waals surface area contributed by atoms with Gasteiger partial charge in [0.1, 0.15) is 0 Å². The van der Waals surface area contributed by atoms with Crippen molar-refractivity contribution in [3.63, 3.8) is 0 Å². The molecule has 0 saturated heterocycles.